The number of carbonyl (C=O) groups is 1. The van der Waals surface area contributed by atoms with Gasteiger partial charge in [0.2, 0.25) is 15.9 Å². The van der Waals surface area contributed by atoms with Crippen LogP contribution in [0.2, 0.25) is 0 Å². The molecule has 0 aliphatic heterocycles. The van der Waals surface area contributed by atoms with Crippen molar-refractivity contribution < 1.29 is 26.7 Å². The average molecular weight is 396 g/mol. The Bertz CT molecular complexity index is 948. The van der Waals surface area contributed by atoms with Crippen LogP contribution in [0.4, 0.5) is 20.2 Å². The number of anilines is 2. The Morgan fingerprint density at radius 3 is 2.63 bits per heavy atom. The van der Waals surface area contributed by atoms with Crippen molar-refractivity contribution in [1.82, 2.24) is 0 Å². The molecule has 0 saturated carbocycles. The quantitative estimate of drug-likeness (QED) is 0.696. The molecule has 0 bridgehead atoms. The molecule has 0 saturated heterocycles. The third kappa shape index (κ3) is 5.78. The molecule has 0 aliphatic rings. The van der Waals surface area contributed by atoms with Gasteiger partial charge in [-0.15, -0.1) is 0 Å². The van der Waals surface area contributed by atoms with Gasteiger partial charge in [0.05, 0.1) is 11.9 Å². The summed E-state index contributed by atoms with van der Waals surface area (Å²) in [5.41, 5.74) is -0.0493. The third-order valence-electron chi connectivity index (χ3n) is 3.35. The summed E-state index contributed by atoms with van der Waals surface area (Å²) in [4.78, 5) is 12.3. The van der Waals surface area contributed by atoms with Crippen LogP contribution in [0.5, 0.6) is 5.75 Å². The number of halogens is 2. The summed E-state index contributed by atoms with van der Waals surface area (Å²) in [6.45, 7) is 3.13. The maximum absolute atomic E-state index is 14.0. The topological polar surface area (TPSA) is 75.7 Å². The number of carbonyl (C=O) groups excluding carboxylic acids is 1. The fourth-order valence-electron chi connectivity index (χ4n) is 2.21. The zero-order valence-electron chi connectivity index (χ0n) is 14.5. The van der Waals surface area contributed by atoms with E-state index in [4.69, 9.17) is 4.74 Å². The maximum atomic E-state index is 14.0. The number of rotatable bonds is 8. The Labute approximate surface area is 156 Å². The minimum absolute atomic E-state index is 0.281. The van der Waals surface area contributed by atoms with Crippen LogP contribution in [0.25, 0.3) is 0 Å². The highest BCUT2D eigenvalue weighted by atomic mass is 32.2. The van der Waals surface area contributed by atoms with E-state index in [1.54, 1.807) is 30.3 Å². The van der Waals surface area contributed by atoms with Crippen LogP contribution in [0, 0.1) is 11.6 Å². The second-order valence-corrected chi connectivity index (χ2v) is 7.45. The first-order valence-corrected chi connectivity index (χ1v) is 9.62. The van der Waals surface area contributed by atoms with E-state index in [0.717, 1.165) is 18.4 Å². The molecule has 2 aromatic carbocycles. The van der Waals surface area contributed by atoms with Crippen molar-refractivity contribution in [3.63, 3.8) is 0 Å². The molecule has 0 atom stereocenters. The van der Waals surface area contributed by atoms with Crippen LogP contribution in [-0.2, 0) is 14.8 Å². The normalized spacial score (nSPS) is 10.9. The number of amides is 1. The molecule has 144 valence electrons. The summed E-state index contributed by atoms with van der Waals surface area (Å²) < 4.78 is 56.9. The lowest BCUT2D eigenvalue weighted by Crippen LogP contribution is -2.38. The Hall–Kier alpha value is -2.94. The van der Waals surface area contributed by atoms with Crippen molar-refractivity contribution in [1.29, 1.82) is 0 Å². The lowest BCUT2D eigenvalue weighted by Gasteiger charge is -2.22. The zero-order chi connectivity index (χ0) is 20.0. The predicted molar refractivity (Wildman–Crippen MR) is 99.3 cm³/mol. The third-order valence-corrected chi connectivity index (χ3v) is 4.48. The van der Waals surface area contributed by atoms with Gasteiger partial charge in [-0.1, -0.05) is 18.7 Å². The van der Waals surface area contributed by atoms with Gasteiger partial charge >= 0.3 is 0 Å². The molecule has 1 N–H and O–H groups in total. The first-order chi connectivity index (χ1) is 12.7. The summed E-state index contributed by atoms with van der Waals surface area (Å²) in [6, 6.07) is 8.87. The summed E-state index contributed by atoms with van der Waals surface area (Å²) in [5.74, 6) is -2.17. The van der Waals surface area contributed by atoms with Crippen molar-refractivity contribution in [2.24, 2.45) is 0 Å². The van der Waals surface area contributed by atoms with Crippen LogP contribution in [-0.4, -0.2) is 33.7 Å². The molecule has 0 fully saturated rings. The van der Waals surface area contributed by atoms with Gasteiger partial charge in [0.15, 0.2) is 0 Å². The molecule has 27 heavy (non-hydrogen) atoms. The van der Waals surface area contributed by atoms with Crippen LogP contribution < -0.4 is 14.4 Å². The number of ether oxygens (including phenoxy) is 1. The molecule has 0 heterocycles. The minimum Gasteiger partial charge on any atom is -0.489 e. The predicted octanol–water partition coefficient (Wildman–Crippen LogP) is 2.93. The van der Waals surface area contributed by atoms with E-state index in [1.165, 1.54) is 0 Å². The highest BCUT2D eigenvalue weighted by Crippen LogP contribution is 2.23. The van der Waals surface area contributed by atoms with E-state index >= 15 is 0 Å². The number of nitrogens with one attached hydrogen (secondary N) is 1. The number of hydrogen-bond acceptors (Lipinski definition) is 4. The maximum Gasteiger partial charge on any atom is 0.245 e. The van der Waals surface area contributed by atoms with Gasteiger partial charge in [0.25, 0.3) is 0 Å². The molecule has 0 unspecified atom stereocenters. The smallest absolute Gasteiger partial charge is 0.245 e. The van der Waals surface area contributed by atoms with Crippen molar-refractivity contribution in [3.8, 4) is 5.75 Å². The van der Waals surface area contributed by atoms with Crippen LogP contribution >= 0.6 is 0 Å². The zero-order valence-corrected chi connectivity index (χ0v) is 15.3. The van der Waals surface area contributed by atoms with E-state index in [0.29, 0.717) is 21.8 Å². The van der Waals surface area contributed by atoms with Gasteiger partial charge in [-0.2, -0.15) is 0 Å². The average Bonchev–Trinajstić information content (AvgIpc) is 2.58. The van der Waals surface area contributed by atoms with Crippen molar-refractivity contribution in [2.75, 3.05) is 29.0 Å². The molecule has 2 rings (SSSR count). The van der Waals surface area contributed by atoms with Crippen molar-refractivity contribution in [3.05, 3.63) is 66.8 Å². The summed E-state index contributed by atoms with van der Waals surface area (Å²) in [6.07, 6.45) is 2.39. The minimum atomic E-state index is -3.99. The summed E-state index contributed by atoms with van der Waals surface area (Å²) in [5, 5.41) is 2.51. The van der Waals surface area contributed by atoms with Gasteiger partial charge < -0.3 is 10.1 Å². The van der Waals surface area contributed by atoms with Gasteiger partial charge in [-0.05, 0) is 24.3 Å². The fraction of sp³-hybridized carbons (Fsp3) is 0.167. The summed E-state index contributed by atoms with van der Waals surface area (Å²) in [7, 11) is -3.99. The molecule has 2 aromatic rings. The largest absolute Gasteiger partial charge is 0.489 e. The lowest BCUT2D eigenvalue weighted by atomic mass is 10.3. The van der Waals surface area contributed by atoms with Gasteiger partial charge in [0.1, 0.15) is 30.5 Å². The Kier molecular flexibility index (Phi) is 6.51. The molecule has 0 aliphatic carbocycles. The second kappa shape index (κ2) is 8.63. The molecule has 0 spiro atoms. The Morgan fingerprint density at radius 2 is 2.00 bits per heavy atom. The molecule has 6 nitrogen and oxygen atoms in total. The SMILES string of the molecule is C=CCOc1cccc(NC(=O)CN(c2ccc(F)cc2F)S(C)(=O)=O)c1. The van der Waals surface area contributed by atoms with Crippen LogP contribution in [0.1, 0.15) is 0 Å². The Balaban J connectivity index is 2.18. The lowest BCUT2D eigenvalue weighted by molar-refractivity contribution is -0.114. The number of nitrogens with zero attached hydrogens (tertiary/aromatic N) is 1. The number of hydrogen-bond donors (Lipinski definition) is 1. The molecule has 9 heteroatoms. The van der Waals surface area contributed by atoms with Crippen LogP contribution in [0.15, 0.2) is 55.1 Å². The van der Waals surface area contributed by atoms with Gasteiger partial charge in [0, 0.05) is 17.8 Å². The van der Waals surface area contributed by atoms with Crippen molar-refractivity contribution in [2.45, 2.75) is 0 Å². The number of sulfonamides is 1. The molecular weight excluding hydrogens is 378 g/mol. The van der Waals surface area contributed by atoms with E-state index in [2.05, 4.69) is 11.9 Å². The molecular formula is C18H18F2N2O4S. The first-order valence-electron chi connectivity index (χ1n) is 7.77. The molecule has 1 amide bonds. The first kappa shape index (κ1) is 20.4. The standard InChI is InChI=1S/C18H18F2N2O4S/c1-3-9-26-15-6-4-5-14(11-15)21-18(23)12-22(27(2,24)25)17-8-7-13(19)10-16(17)20/h3-8,10-11H,1,9,12H2,2H3,(H,21,23). The monoisotopic (exact) mass is 396 g/mol. The highest BCUT2D eigenvalue weighted by Gasteiger charge is 2.24. The van der Waals surface area contributed by atoms with E-state index < -0.39 is 39.8 Å². The Morgan fingerprint density at radius 1 is 1.26 bits per heavy atom. The summed E-state index contributed by atoms with van der Waals surface area (Å²) >= 11 is 0. The van der Waals surface area contributed by atoms with Gasteiger partial charge in [-0.3, -0.25) is 9.10 Å². The highest BCUT2D eigenvalue weighted by molar-refractivity contribution is 7.92. The van der Waals surface area contributed by atoms with Crippen molar-refractivity contribution >= 4 is 27.3 Å². The van der Waals surface area contributed by atoms with Crippen LogP contribution in [0.3, 0.4) is 0 Å². The fourth-order valence-corrected chi connectivity index (χ4v) is 3.07. The van der Waals surface area contributed by atoms with E-state index in [9.17, 15) is 22.0 Å². The van der Waals surface area contributed by atoms with E-state index in [-0.39, 0.29) is 6.61 Å². The molecule has 0 aromatic heterocycles. The number of benzene rings is 2. The van der Waals surface area contributed by atoms with E-state index in [1.807, 2.05) is 0 Å². The van der Waals surface area contributed by atoms with Gasteiger partial charge in [-0.25, -0.2) is 17.2 Å². The second-order valence-electron chi connectivity index (χ2n) is 5.54. The molecule has 0 radical (unpaired) electrons.